The van der Waals surface area contributed by atoms with Crippen LogP contribution >= 0.6 is 11.3 Å². The van der Waals surface area contributed by atoms with Crippen LogP contribution < -0.4 is 5.32 Å². The minimum absolute atomic E-state index is 0.00287. The Bertz CT molecular complexity index is 490. The Labute approximate surface area is 130 Å². The van der Waals surface area contributed by atoms with Crippen molar-refractivity contribution in [3.05, 3.63) is 22.4 Å². The fourth-order valence-electron chi connectivity index (χ4n) is 3.38. The highest BCUT2D eigenvalue weighted by Crippen LogP contribution is 2.35. The molecule has 1 aromatic rings. The third-order valence-corrected chi connectivity index (χ3v) is 5.60. The topological polar surface area (TPSA) is 41.6 Å². The van der Waals surface area contributed by atoms with E-state index in [-0.39, 0.29) is 30.3 Å². The van der Waals surface area contributed by atoms with E-state index in [0.717, 1.165) is 19.4 Å². The lowest BCUT2D eigenvalue weighted by molar-refractivity contribution is -0.134. The maximum Gasteiger partial charge on any atom is 0.241 e. The van der Waals surface area contributed by atoms with Gasteiger partial charge in [-0.05, 0) is 41.7 Å². The van der Waals surface area contributed by atoms with Gasteiger partial charge in [-0.2, -0.15) is 11.3 Å². The molecule has 0 radical (unpaired) electrons. The second kappa shape index (κ2) is 6.07. The van der Waals surface area contributed by atoms with Crippen LogP contribution in [0.5, 0.6) is 0 Å². The number of hydrogen-bond acceptors (Lipinski definition) is 4. The Morgan fingerprint density at radius 1 is 1.57 bits per heavy atom. The summed E-state index contributed by atoms with van der Waals surface area (Å²) in [6, 6.07) is 2.22. The molecule has 1 aromatic heterocycles. The quantitative estimate of drug-likeness (QED) is 0.930. The summed E-state index contributed by atoms with van der Waals surface area (Å²) < 4.78 is 5.69. The fourth-order valence-corrected chi connectivity index (χ4v) is 4.06. The number of nitrogens with one attached hydrogen (secondary N) is 1. The normalized spacial score (nSPS) is 34.6. The Kier molecular flexibility index (Phi) is 4.33. The molecule has 2 saturated heterocycles. The maximum absolute atomic E-state index is 13.0. The molecule has 21 heavy (non-hydrogen) atoms. The van der Waals surface area contributed by atoms with Crippen LogP contribution in [0, 0.1) is 5.92 Å². The molecule has 2 fully saturated rings. The second-order valence-electron chi connectivity index (χ2n) is 6.17. The Morgan fingerprint density at radius 2 is 2.38 bits per heavy atom. The van der Waals surface area contributed by atoms with E-state index < -0.39 is 0 Å². The van der Waals surface area contributed by atoms with Crippen molar-refractivity contribution in [2.24, 2.45) is 5.92 Å². The molecule has 0 aromatic carbocycles. The van der Waals surface area contributed by atoms with Gasteiger partial charge in [0.2, 0.25) is 5.91 Å². The van der Waals surface area contributed by atoms with Gasteiger partial charge in [-0.3, -0.25) is 10.1 Å². The highest BCUT2D eigenvalue weighted by Gasteiger charge is 2.47. The van der Waals surface area contributed by atoms with Gasteiger partial charge in [0.05, 0.1) is 18.2 Å². The third-order valence-electron chi connectivity index (χ3n) is 4.90. The van der Waals surface area contributed by atoms with Crippen LogP contribution in [0.3, 0.4) is 0 Å². The van der Waals surface area contributed by atoms with Crippen LogP contribution in [0.1, 0.15) is 45.3 Å². The Hall–Kier alpha value is -0.910. The van der Waals surface area contributed by atoms with Crippen molar-refractivity contribution in [3.63, 3.8) is 0 Å². The summed E-state index contributed by atoms with van der Waals surface area (Å²) in [6.07, 6.45) is 2.05. The smallest absolute Gasteiger partial charge is 0.241 e. The number of nitrogens with zero attached hydrogens (tertiary/aromatic N) is 1. The van der Waals surface area contributed by atoms with E-state index in [0.29, 0.717) is 5.92 Å². The summed E-state index contributed by atoms with van der Waals surface area (Å²) in [5.41, 5.74) is 1.19. The first-order valence-corrected chi connectivity index (χ1v) is 8.79. The van der Waals surface area contributed by atoms with Crippen LogP contribution in [0.2, 0.25) is 0 Å². The monoisotopic (exact) mass is 308 g/mol. The van der Waals surface area contributed by atoms with Gasteiger partial charge < -0.3 is 9.64 Å². The minimum atomic E-state index is -0.0762. The van der Waals surface area contributed by atoms with E-state index in [2.05, 4.69) is 47.8 Å². The van der Waals surface area contributed by atoms with Gasteiger partial charge in [-0.25, -0.2) is 0 Å². The van der Waals surface area contributed by atoms with Gasteiger partial charge in [0.25, 0.3) is 0 Å². The van der Waals surface area contributed by atoms with Crippen molar-refractivity contribution in [1.82, 2.24) is 10.2 Å². The van der Waals surface area contributed by atoms with E-state index >= 15 is 0 Å². The van der Waals surface area contributed by atoms with Crippen molar-refractivity contribution in [1.29, 1.82) is 0 Å². The molecular weight excluding hydrogens is 284 g/mol. The summed E-state index contributed by atoms with van der Waals surface area (Å²) in [5, 5.41) is 7.78. The van der Waals surface area contributed by atoms with Crippen molar-refractivity contribution < 1.29 is 9.53 Å². The average molecular weight is 308 g/mol. The molecule has 5 atom stereocenters. The molecule has 5 heteroatoms. The largest absolute Gasteiger partial charge is 0.376 e. The molecule has 4 nitrogen and oxygen atoms in total. The van der Waals surface area contributed by atoms with E-state index in [1.165, 1.54) is 5.56 Å². The van der Waals surface area contributed by atoms with Crippen molar-refractivity contribution in [2.45, 2.75) is 58.0 Å². The molecular formula is C16H24N2O2S. The fraction of sp³-hybridized carbons (Fsp3) is 0.688. The predicted octanol–water partition coefficient (Wildman–Crippen LogP) is 2.77. The van der Waals surface area contributed by atoms with Crippen LogP contribution in [0.4, 0.5) is 0 Å². The van der Waals surface area contributed by atoms with Crippen molar-refractivity contribution in [2.75, 3.05) is 6.61 Å². The maximum atomic E-state index is 13.0. The first-order chi connectivity index (χ1) is 10.1. The van der Waals surface area contributed by atoms with Crippen LogP contribution in [0.15, 0.2) is 16.8 Å². The zero-order valence-electron chi connectivity index (χ0n) is 12.9. The average Bonchev–Trinajstić information content (AvgIpc) is 3.18. The molecule has 1 N–H and O–H groups in total. The predicted molar refractivity (Wildman–Crippen MR) is 84.1 cm³/mol. The molecule has 0 spiro atoms. The standard InChI is InChI=1S/C16H24N2O2S/c1-4-10(2)14-16(19)18(13-5-7-20-11(13)3)15(17-14)12-6-8-21-9-12/h6,8-11,13-15,17H,4-5,7H2,1-3H3. The summed E-state index contributed by atoms with van der Waals surface area (Å²) in [4.78, 5) is 15.0. The lowest BCUT2D eigenvalue weighted by atomic mass is 9.99. The first kappa shape index (κ1) is 15.0. The van der Waals surface area contributed by atoms with Gasteiger partial charge in [0, 0.05) is 6.61 Å². The molecule has 0 saturated carbocycles. The van der Waals surface area contributed by atoms with Crippen LogP contribution in [-0.2, 0) is 9.53 Å². The first-order valence-electron chi connectivity index (χ1n) is 7.85. The molecule has 2 aliphatic rings. The van der Waals surface area contributed by atoms with Crippen LogP contribution in [0.25, 0.3) is 0 Å². The highest BCUT2D eigenvalue weighted by molar-refractivity contribution is 7.07. The molecule has 0 aliphatic carbocycles. The summed E-state index contributed by atoms with van der Waals surface area (Å²) >= 11 is 1.68. The van der Waals surface area contributed by atoms with Crippen molar-refractivity contribution in [3.8, 4) is 0 Å². The summed E-state index contributed by atoms with van der Waals surface area (Å²) in [7, 11) is 0. The van der Waals surface area contributed by atoms with E-state index in [9.17, 15) is 4.79 Å². The zero-order chi connectivity index (χ0) is 15.0. The number of thiophene rings is 1. The Balaban J connectivity index is 1.90. The Morgan fingerprint density at radius 3 is 2.95 bits per heavy atom. The lowest BCUT2D eigenvalue weighted by Crippen LogP contribution is -2.44. The number of hydrogen-bond donors (Lipinski definition) is 1. The van der Waals surface area contributed by atoms with E-state index in [1.807, 2.05) is 0 Å². The molecule has 3 heterocycles. The SMILES string of the molecule is CCC(C)C1NC(c2ccsc2)N(C2CCOC2C)C1=O. The van der Waals surface area contributed by atoms with Crippen molar-refractivity contribution >= 4 is 17.2 Å². The van der Waals surface area contributed by atoms with Gasteiger partial charge in [0.15, 0.2) is 0 Å². The zero-order valence-corrected chi connectivity index (χ0v) is 13.7. The lowest BCUT2D eigenvalue weighted by Gasteiger charge is -2.31. The highest BCUT2D eigenvalue weighted by atomic mass is 32.1. The molecule has 1 amide bonds. The number of ether oxygens (including phenoxy) is 1. The third kappa shape index (κ3) is 2.62. The van der Waals surface area contributed by atoms with E-state index in [4.69, 9.17) is 4.74 Å². The second-order valence-corrected chi connectivity index (χ2v) is 6.95. The van der Waals surface area contributed by atoms with Gasteiger partial charge >= 0.3 is 0 Å². The minimum Gasteiger partial charge on any atom is -0.376 e. The van der Waals surface area contributed by atoms with Gasteiger partial charge in [-0.1, -0.05) is 20.3 Å². The number of carbonyl (C=O) groups is 1. The summed E-state index contributed by atoms with van der Waals surface area (Å²) in [6.45, 7) is 7.12. The molecule has 3 rings (SSSR count). The van der Waals surface area contributed by atoms with Gasteiger partial charge in [0.1, 0.15) is 6.17 Å². The molecule has 2 aliphatic heterocycles. The summed E-state index contributed by atoms with van der Waals surface area (Å²) in [5.74, 6) is 0.587. The van der Waals surface area contributed by atoms with Crippen LogP contribution in [-0.4, -0.2) is 35.6 Å². The van der Waals surface area contributed by atoms with E-state index in [1.54, 1.807) is 11.3 Å². The van der Waals surface area contributed by atoms with Gasteiger partial charge in [-0.15, -0.1) is 0 Å². The molecule has 5 unspecified atom stereocenters. The molecule has 116 valence electrons. The number of carbonyl (C=O) groups excluding carboxylic acids is 1. The number of rotatable bonds is 4. The molecule has 0 bridgehead atoms. The number of amides is 1.